The van der Waals surface area contributed by atoms with E-state index in [1.54, 1.807) is 18.2 Å². The SMILES string of the molecule is O=C(CN1CCCCC1CCO)Nc1ccccc1F. The van der Waals surface area contributed by atoms with Crippen LogP contribution in [0.4, 0.5) is 10.1 Å². The summed E-state index contributed by atoms with van der Waals surface area (Å²) in [5.41, 5.74) is 0.216. The number of nitrogens with one attached hydrogen (secondary N) is 1. The first kappa shape index (κ1) is 14.9. The van der Waals surface area contributed by atoms with Gasteiger partial charge in [0.25, 0.3) is 0 Å². The third kappa shape index (κ3) is 4.02. The van der Waals surface area contributed by atoms with Gasteiger partial charge in [0, 0.05) is 12.6 Å². The van der Waals surface area contributed by atoms with Crippen LogP contribution in [0.1, 0.15) is 25.7 Å². The molecular formula is C15H21FN2O2. The van der Waals surface area contributed by atoms with E-state index in [4.69, 9.17) is 5.11 Å². The Kier molecular flexibility index (Phi) is 5.49. The van der Waals surface area contributed by atoms with Gasteiger partial charge >= 0.3 is 0 Å². The van der Waals surface area contributed by atoms with Crippen LogP contribution in [0, 0.1) is 5.82 Å². The number of para-hydroxylation sites is 1. The summed E-state index contributed by atoms with van der Waals surface area (Å²) in [4.78, 5) is 14.1. The molecule has 1 saturated heterocycles. The number of hydrogen-bond acceptors (Lipinski definition) is 3. The molecule has 2 rings (SSSR count). The van der Waals surface area contributed by atoms with Crippen molar-refractivity contribution >= 4 is 11.6 Å². The number of aliphatic hydroxyl groups excluding tert-OH is 1. The van der Waals surface area contributed by atoms with E-state index in [0.29, 0.717) is 6.42 Å². The van der Waals surface area contributed by atoms with Crippen LogP contribution < -0.4 is 5.32 Å². The van der Waals surface area contributed by atoms with Gasteiger partial charge in [0.1, 0.15) is 5.82 Å². The lowest BCUT2D eigenvalue weighted by atomic mass is 10.00. The van der Waals surface area contributed by atoms with Gasteiger partial charge < -0.3 is 10.4 Å². The van der Waals surface area contributed by atoms with Crippen LogP contribution in [0.2, 0.25) is 0 Å². The lowest BCUT2D eigenvalue weighted by Gasteiger charge is -2.34. The van der Waals surface area contributed by atoms with Gasteiger partial charge in [-0.05, 0) is 37.9 Å². The van der Waals surface area contributed by atoms with Crippen LogP contribution in [-0.2, 0) is 4.79 Å². The zero-order valence-electron chi connectivity index (χ0n) is 11.5. The summed E-state index contributed by atoms with van der Waals surface area (Å²) in [7, 11) is 0. The molecule has 20 heavy (non-hydrogen) atoms. The van der Waals surface area contributed by atoms with Crippen molar-refractivity contribution in [3.05, 3.63) is 30.1 Å². The number of likely N-dealkylation sites (tertiary alicyclic amines) is 1. The Labute approximate surface area is 118 Å². The Balaban J connectivity index is 1.91. The van der Waals surface area contributed by atoms with Crippen LogP contribution in [0.25, 0.3) is 0 Å². The topological polar surface area (TPSA) is 52.6 Å². The van der Waals surface area contributed by atoms with Gasteiger partial charge in [-0.15, -0.1) is 0 Å². The van der Waals surface area contributed by atoms with E-state index in [9.17, 15) is 9.18 Å². The second-order valence-corrected chi connectivity index (χ2v) is 5.16. The zero-order valence-corrected chi connectivity index (χ0v) is 11.5. The maximum absolute atomic E-state index is 13.5. The molecule has 1 amide bonds. The summed E-state index contributed by atoms with van der Waals surface area (Å²) in [6.07, 6.45) is 3.89. The maximum atomic E-state index is 13.5. The second kappa shape index (κ2) is 7.36. The van der Waals surface area contributed by atoms with Crippen molar-refractivity contribution in [2.24, 2.45) is 0 Å². The number of amides is 1. The van der Waals surface area contributed by atoms with Gasteiger partial charge in [0.2, 0.25) is 5.91 Å². The molecule has 1 atom stereocenters. The quantitative estimate of drug-likeness (QED) is 0.867. The lowest BCUT2D eigenvalue weighted by molar-refractivity contribution is -0.118. The minimum absolute atomic E-state index is 0.135. The minimum Gasteiger partial charge on any atom is -0.396 e. The number of anilines is 1. The molecule has 0 bridgehead atoms. The van der Waals surface area contributed by atoms with E-state index in [1.165, 1.54) is 6.07 Å². The Hall–Kier alpha value is -1.46. The van der Waals surface area contributed by atoms with Crippen molar-refractivity contribution in [1.82, 2.24) is 4.90 Å². The monoisotopic (exact) mass is 280 g/mol. The minimum atomic E-state index is -0.425. The third-order valence-corrected chi connectivity index (χ3v) is 3.71. The predicted molar refractivity (Wildman–Crippen MR) is 75.9 cm³/mol. The molecular weight excluding hydrogens is 259 g/mol. The third-order valence-electron chi connectivity index (χ3n) is 3.71. The number of carbonyl (C=O) groups excluding carboxylic acids is 1. The first-order valence-electron chi connectivity index (χ1n) is 7.10. The molecule has 0 saturated carbocycles. The number of rotatable bonds is 5. The molecule has 1 aliphatic rings. The average Bonchev–Trinajstić information content (AvgIpc) is 2.44. The van der Waals surface area contributed by atoms with E-state index < -0.39 is 5.82 Å². The number of carbonyl (C=O) groups is 1. The highest BCUT2D eigenvalue weighted by Crippen LogP contribution is 2.19. The lowest BCUT2D eigenvalue weighted by Crippen LogP contribution is -2.44. The fourth-order valence-corrected chi connectivity index (χ4v) is 2.68. The van der Waals surface area contributed by atoms with E-state index in [1.807, 2.05) is 0 Å². The standard InChI is InChI=1S/C15H21FN2O2/c16-13-6-1-2-7-14(13)17-15(20)11-18-9-4-3-5-12(18)8-10-19/h1-2,6-7,12,19H,3-5,8-11H2,(H,17,20). The molecule has 1 aromatic carbocycles. The van der Waals surface area contributed by atoms with Crippen molar-refractivity contribution in [2.75, 3.05) is 25.0 Å². The summed E-state index contributed by atoms with van der Waals surface area (Å²) in [5, 5.41) is 11.7. The molecule has 2 N–H and O–H groups in total. The van der Waals surface area contributed by atoms with E-state index in [2.05, 4.69) is 10.2 Å². The van der Waals surface area contributed by atoms with Gasteiger partial charge in [0.15, 0.2) is 0 Å². The number of aliphatic hydroxyl groups is 1. The smallest absolute Gasteiger partial charge is 0.238 e. The predicted octanol–water partition coefficient (Wildman–Crippen LogP) is 2.00. The highest BCUT2D eigenvalue weighted by Gasteiger charge is 2.23. The molecule has 1 fully saturated rings. The van der Waals surface area contributed by atoms with Crippen LogP contribution in [0.3, 0.4) is 0 Å². The zero-order chi connectivity index (χ0) is 14.4. The van der Waals surface area contributed by atoms with Crippen LogP contribution >= 0.6 is 0 Å². The van der Waals surface area contributed by atoms with Crippen molar-refractivity contribution in [3.8, 4) is 0 Å². The fourth-order valence-electron chi connectivity index (χ4n) is 2.68. The van der Waals surface area contributed by atoms with Crippen molar-refractivity contribution < 1.29 is 14.3 Å². The molecule has 1 heterocycles. The first-order chi connectivity index (χ1) is 9.70. The highest BCUT2D eigenvalue weighted by molar-refractivity contribution is 5.92. The number of nitrogens with zero attached hydrogens (tertiary/aromatic N) is 1. The van der Waals surface area contributed by atoms with Crippen LogP contribution in [0.5, 0.6) is 0 Å². The number of halogens is 1. The maximum Gasteiger partial charge on any atom is 0.238 e. The van der Waals surface area contributed by atoms with Gasteiger partial charge in [-0.25, -0.2) is 4.39 Å². The Morgan fingerprint density at radius 1 is 1.40 bits per heavy atom. The molecule has 0 aliphatic carbocycles. The van der Waals surface area contributed by atoms with Crippen LogP contribution in [-0.4, -0.2) is 41.7 Å². The molecule has 1 aliphatic heterocycles. The van der Waals surface area contributed by atoms with Gasteiger partial charge in [0.05, 0.1) is 12.2 Å². The van der Waals surface area contributed by atoms with Crippen LogP contribution in [0.15, 0.2) is 24.3 Å². The van der Waals surface area contributed by atoms with Gasteiger partial charge in [-0.1, -0.05) is 18.6 Å². The number of benzene rings is 1. The molecule has 0 radical (unpaired) electrons. The molecule has 1 unspecified atom stereocenters. The number of hydrogen-bond donors (Lipinski definition) is 2. The van der Waals surface area contributed by atoms with E-state index >= 15 is 0 Å². The summed E-state index contributed by atoms with van der Waals surface area (Å²) in [6.45, 7) is 1.24. The van der Waals surface area contributed by atoms with Crippen molar-refractivity contribution in [1.29, 1.82) is 0 Å². The normalized spacial score (nSPS) is 19.8. The highest BCUT2D eigenvalue weighted by atomic mass is 19.1. The van der Waals surface area contributed by atoms with Crippen molar-refractivity contribution in [2.45, 2.75) is 31.7 Å². The Morgan fingerprint density at radius 2 is 2.20 bits per heavy atom. The summed E-state index contributed by atoms with van der Waals surface area (Å²) >= 11 is 0. The Bertz CT molecular complexity index is 451. The Morgan fingerprint density at radius 3 is 2.95 bits per heavy atom. The van der Waals surface area contributed by atoms with E-state index in [-0.39, 0.29) is 30.8 Å². The molecule has 0 aromatic heterocycles. The summed E-state index contributed by atoms with van der Waals surface area (Å²) in [5.74, 6) is -0.633. The molecule has 5 heteroatoms. The molecule has 4 nitrogen and oxygen atoms in total. The van der Waals surface area contributed by atoms with E-state index in [0.717, 1.165) is 25.8 Å². The largest absolute Gasteiger partial charge is 0.396 e. The second-order valence-electron chi connectivity index (χ2n) is 5.16. The molecule has 1 aromatic rings. The fraction of sp³-hybridized carbons (Fsp3) is 0.533. The summed E-state index contributed by atoms with van der Waals surface area (Å²) < 4.78 is 13.5. The van der Waals surface area contributed by atoms with Crippen molar-refractivity contribution in [3.63, 3.8) is 0 Å². The number of piperidine rings is 1. The average molecular weight is 280 g/mol. The van der Waals surface area contributed by atoms with Gasteiger partial charge in [-0.2, -0.15) is 0 Å². The molecule has 110 valence electrons. The first-order valence-corrected chi connectivity index (χ1v) is 7.10. The summed E-state index contributed by atoms with van der Waals surface area (Å²) in [6, 6.07) is 6.40. The molecule has 0 spiro atoms. The van der Waals surface area contributed by atoms with Gasteiger partial charge in [-0.3, -0.25) is 9.69 Å².